The Morgan fingerprint density at radius 3 is 2.34 bits per heavy atom. The van der Waals surface area contributed by atoms with E-state index in [0.29, 0.717) is 22.4 Å². The summed E-state index contributed by atoms with van der Waals surface area (Å²) in [7, 11) is 0. The molecule has 1 unspecified atom stereocenters. The lowest BCUT2D eigenvalue weighted by Crippen LogP contribution is -2.46. The maximum absolute atomic E-state index is 12.6. The first-order chi connectivity index (χ1) is 15.5. The van der Waals surface area contributed by atoms with Crippen molar-refractivity contribution in [3.63, 3.8) is 0 Å². The molecular weight excluding hydrogens is 412 g/mol. The number of aromatic amines is 2. The van der Waals surface area contributed by atoms with E-state index >= 15 is 0 Å². The molecule has 0 spiro atoms. The molecule has 0 aliphatic carbocycles. The lowest BCUT2D eigenvalue weighted by Gasteiger charge is -2.27. The minimum atomic E-state index is -0.865. The molecule has 2 aromatic carbocycles. The molecule has 1 amide bonds. The van der Waals surface area contributed by atoms with Crippen LogP contribution in [-0.2, 0) is 0 Å². The van der Waals surface area contributed by atoms with E-state index in [0.717, 1.165) is 0 Å². The van der Waals surface area contributed by atoms with Crippen molar-refractivity contribution >= 4 is 23.0 Å². The molecule has 32 heavy (non-hydrogen) atoms. The van der Waals surface area contributed by atoms with Crippen LogP contribution in [-0.4, -0.2) is 32.9 Å². The van der Waals surface area contributed by atoms with E-state index in [1.54, 1.807) is 48.5 Å². The highest BCUT2D eigenvalue weighted by atomic mass is 16.3. The number of fused-ring (bicyclic) bond motifs is 2. The average Bonchev–Trinajstić information content (AvgIpc) is 3.13. The third kappa shape index (κ3) is 2.88. The van der Waals surface area contributed by atoms with Crippen LogP contribution in [0, 0.1) is 11.3 Å². The van der Waals surface area contributed by atoms with Gasteiger partial charge in [0.1, 0.15) is 17.8 Å². The second-order valence-electron chi connectivity index (χ2n) is 7.11. The van der Waals surface area contributed by atoms with Crippen LogP contribution in [0.25, 0.3) is 5.70 Å². The second-order valence-corrected chi connectivity index (χ2v) is 7.11. The fourth-order valence-electron chi connectivity index (χ4n) is 3.82. The van der Waals surface area contributed by atoms with E-state index in [1.165, 1.54) is 0 Å². The third-order valence-electron chi connectivity index (χ3n) is 5.23. The van der Waals surface area contributed by atoms with Gasteiger partial charge in [-0.2, -0.15) is 5.26 Å². The Labute approximate surface area is 179 Å². The Kier molecular flexibility index (Phi) is 4.23. The van der Waals surface area contributed by atoms with E-state index in [1.807, 2.05) is 0 Å². The molecule has 0 fully saturated rings. The van der Waals surface area contributed by atoms with Crippen molar-refractivity contribution in [3.8, 4) is 11.9 Å². The number of aliphatic imine (C=N–C) groups is 1. The largest absolute Gasteiger partial charge is 0.494 e. The second kappa shape index (κ2) is 7.10. The number of hydrogen-bond donors (Lipinski definition) is 5. The number of nitriles is 1. The van der Waals surface area contributed by atoms with Gasteiger partial charge in [0.05, 0.1) is 22.5 Å². The van der Waals surface area contributed by atoms with Crippen LogP contribution in [0.3, 0.4) is 0 Å². The fourth-order valence-corrected chi connectivity index (χ4v) is 3.82. The number of anilines is 1. The van der Waals surface area contributed by atoms with E-state index in [2.05, 4.69) is 31.7 Å². The van der Waals surface area contributed by atoms with Crippen molar-refractivity contribution in [1.29, 1.82) is 5.26 Å². The first-order valence-corrected chi connectivity index (χ1v) is 9.53. The number of carbonyl (C=O) groups excluding carboxylic acids is 1. The van der Waals surface area contributed by atoms with Gasteiger partial charge in [0.2, 0.25) is 5.88 Å². The summed E-state index contributed by atoms with van der Waals surface area (Å²) < 4.78 is 0. The molecule has 10 nitrogen and oxygen atoms in total. The monoisotopic (exact) mass is 426 g/mol. The van der Waals surface area contributed by atoms with Gasteiger partial charge in [0.25, 0.3) is 11.5 Å². The van der Waals surface area contributed by atoms with Crippen molar-refractivity contribution in [2.24, 2.45) is 4.99 Å². The van der Waals surface area contributed by atoms with Crippen molar-refractivity contribution in [3.05, 3.63) is 97.2 Å². The SMILES string of the molecule is N#C/C(=C1/N=C(c2c(O)[nH]c(=O)[nH]c2=O)c2ccccc21)C1NC(=O)c2ccccc2N1. The molecule has 0 radical (unpaired) electrons. The zero-order valence-electron chi connectivity index (χ0n) is 16.3. The highest BCUT2D eigenvalue weighted by Gasteiger charge is 2.33. The summed E-state index contributed by atoms with van der Waals surface area (Å²) in [4.78, 5) is 45.1. The molecule has 3 aromatic rings. The summed E-state index contributed by atoms with van der Waals surface area (Å²) in [6.07, 6.45) is -0.865. The van der Waals surface area contributed by atoms with Crippen molar-refractivity contribution in [2.75, 3.05) is 5.32 Å². The zero-order chi connectivity index (χ0) is 22.4. The molecule has 10 heteroatoms. The molecular formula is C22H14N6O4. The quantitative estimate of drug-likeness (QED) is 0.384. The number of aromatic nitrogens is 2. The Hall–Kier alpha value is -4.91. The predicted octanol–water partition coefficient (Wildman–Crippen LogP) is 1.04. The normalized spacial score (nSPS) is 17.9. The van der Waals surface area contributed by atoms with Gasteiger partial charge in [0, 0.05) is 16.8 Å². The first-order valence-electron chi connectivity index (χ1n) is 9.53. The number of H-pyrrole nitrogens is 2. The van der Waals surface area contributed by atoms with E-state index < -0.39 is 23.3 Å². The molecule has 5 N–H and O–H groups in total. The van der Waals surface area contributed by atoms with Gasteiger partial charge >= 0.3 is 5.69 Å². The van der Waals surface area contributed by atoms with Crippen LogP contribution in [0.2, 0.25) is 0 Å². The van der Waals surface area contributed by atoms with Gasteiger partial charge in [-0.25, -0.2) is 9.79 Å². The van der Waals surface area contributed by atoms with Crippen molar-refractivity contribution in [1.82, 2.24) is 15.3 Å². The maximum Gasteiger partial charge on any atom is 0.328 e. The van der Waals surface area contributed by atoms with Gasteiger partial charge in [-0.1, -0.05) is 36.4 Å². The van der Waals surface area contributed by atoms with E-state index in [9.17, 15) is 24.8 Å². The molecule has 1 atom stereocenters. The first kappa shape index (κ1) is 19.1. The standard InChI is InChI=1S/C22H14N6O4/c23-9-13(18-24-14-8-4-3-7-12(14)19(29)26-18)16-10-5-1-2-6-11(10)17(25-16)15-20(30)27-22(32)28-21(15)31/h1-8,18,24H,(H,26,29)(H3,27,28,30,31,32)/b16-13-. The lowest BCUT2D eigenvalue weighted by atomic mass is 9.98. The summed E-state index contributed by atoms with van der Waals surface area (Å²) >= 11 is 0. The Balaban J connectivity index is 1.71. The van der Waals surface area contributed by atoms with Crippen LogP contribution < -0.4 is 21.9 Å². The maximum atomic E-state index is 12.6. The van der Waals surface area contributed by atoms with Gasteiger partial charge < -0.3 is 15.7 Å². The number of nitrogens with zero attached hydrogens (tertiary/aromatic N) is 2. The molecule has 2 aliphatic heterocycles. The summed E-state index contributed by atoms with van der Waals surface area (Å²) in [6.45, 7) is 0. The number of benzene rings is 2. The molecule has 0 saturated carbocycles. The molecule has 0 bridgehead atoms. The summed E-state index contributed by atoms with van der Waals surface area (Å²) in [5.74, 6) is -0.979. The summed E-state index contributed by atoms with van der Waals surface area (Å²) in [5, 5.41) is 26.1. The highest BCUT2D eigenvalue weighted by molar-refractivity contribution is 6.21. The number of aromatic hydroxyl groups is 1. The van der Waals surface area contributed by atoms with Crippen LogP contribution in [0.15, 0.2) is 68.7 Å². The minimum absolute atomic E-state index is 0.0980. The predicted molar refractivity (Wildman–Crippen MR) is 115 cm³/mol. The van der Waals surface area contributed by atoms with Crippen LogP contribution >= 0.6 is 0 Å². The van der Waals surface area contributed by atoms with Gasteiger partial charge in [-0.05, 0) is 12.1 Å². The van der Waals surface area contributed by atoms with Gasteiger partial charge in [-0.3, -0.25) is 19.6 Å². The lowest BCUT2D eigenvalue weighted by molar-refractivity contribution is 0.0942. The van der Waals surface area contributed by atoms with E-state index in [4.69, 9.17) is 0 Å². The van der Waals surface area contributed by atoms with Gasteiger partial charge in [-0.15, -0.1) is 0 Å². The van der Waals surface area contributed by atoms with Crippen molar-refractivity contribution in [2.45, 2.75) is 6.17 Å². The third-order valence-corrected chi connectivity index (χ3v) is 5.23. The molecule has 156 valence electrons. The molecule has 0 saturated heterocycles. The average molecular weight is 426 g/mol. The number of amides is 1. The Morgan fingerprint density at radius 2 is 1.62 bits per heavy atom. The smallest absolute Gasteiger partial charge is 0.328 e. The number of hydrogen-bond acceptors (Lipinski definition) is 7. The minimum Gasteiger partial charge on any atom is -0.494 e. The topological polar surface area (TPSA) is 163 Å². The van der Waals surface area contributed by atoms with Crippen LogP contribution in [0.5, 0.6) is 5.88 Å². The summed E-state index contributed by atoms with van der Waals surface area (Å²) in [6, 6.07) is 15.9. The number of rotatable bonds is 2. The highest BCUT2D eigenvalue weighted by Crippen LogP contribution is 2.35. The summed E-state index contributed by atoms with van der Waals surface area (Å²) in [5.41, 5.74) is 0.602. The number of carbonyl (C=O) groups is 1. The number of nitrogens with one attached hydrogen (secondary N) is 4. The van der Waals surface area contributed by atoms with E-state index in [-0.39, 0.29) is 28.5 Å². The molecule has 5 rings (SSSR count). The van der Waals surface area contributed by atoms with Crippen LogP contribution in [0.4, 0.5) is 5.69 Å². The van der Waals surface area contributed by atoms with Crippen molar-refractivity contribution < 1.29 is 9.90 Å². The molecule has 1 aromatic heterocycles. The number of para-hydroxylation sites is 1. The zero-order valence-corrected chi connectivity index (χ0v) is 16.3. The molecule has 3 heterocycles. The van der Waals surface area contributed by atoms with Gasteiger partial charge in [0.15, 0.2) is 0 Å². The van der Waals surface area contributed by atoms with Crippen LogP contribution in [0.1, 0.15) is 27.0 Å². The Morgan fingerprint density at radius 1 is 0.938 bits per heavy atom. The fraction of sp³-hybridized carbons (Fsp3) is 0.0455. The molecule has 2 aliphatic rings. The Bertz CT molecular complexity index is 1520.